The fourth-order valence-electron chi connectivity index (χ4n) is 3.69. The molecule has 0 saturated heterocycles. The number of hydrogen-bond donors (Lipinski definition) is 1. The molecule has 0 aliphatic rings. The van der Waals surface area contributed by atoms with E-state index in [9.17, 15) is 18.4 Å². The van der Waals surface area contributed by atoms with E-state index in [-0.39, 0.29) is 29.4 Å². The van der Waals surface area contributed by atoms with Crippen molar-refractivity contribution in [2.24, 2.45) is 0 Å². The molecule has 0 aromatic heterocycles. The average Bonchev–Trinajstić information content (AvgIpc) is 2.86. The summed E-state index contributed by atoms with van der Waals surface area (Å²) in [5.41, 5.74) is 3.04. The summed E-state index contributed by atoms with van der Waals surface area (Å²) < 4.78 is 34.8. The molecule has 8 heteroatoms. The van der Waals surface area contributed by atoms with Crippen molar-refractivity contribution in [3.8, 4) is 11.5 Å². The van der Waals surface area contributed by atoms with Crippen molar-refractivity contribution in [1.82, 2.24) is 4.90 Å². The van der Waals surface area contributed by atoms with Crippen LogP contribution in [0.1, 0.15) is 36.6 Å². The van der Waals surface area contributed by atoms with Gasteiger partial charge in [-0.05, 0) is 54.0 Å². The Bertz CT molecular complexity index is 1220. The molecule has 3 aromatic carbocycles. The molecule has 0 radical (unpaired) electrons. The normalized spacial score (nSPS) is 11.8. The molecule has 0 aliphatic carbocycles. The Morgan fingerprint density at radius 2 is 1.75 bits per heavy atom. The standard InChI is InChI=1S/C28H28F2N2O4/c1-19(23-10-7-11-24(17-23)31-20(2)33)32(18-22-8-5-4-6-9-22)27(34)15-13-21-12-14-25(36-28(29)30)26(16-21)35-3/h4-17,19,28H,18H2,1-3H3,(H,31,33)/b15-13+. The summed E-state index contributed by atoms with van der Waals surface area (Å²) >= 11 is 0. The van der Waals surface area contributed by atoms with Crippen molar-refractivity contribution in [1.29, 1.82) is 0 Å². The lowest BCUT2D eigenvalue weighted by molar-refractivity contribution is -0.128. The first-order valence-electron chi connectivity index (χ1n) is 11.3. The van der Waals surface area contributed by atoms with Gasteiger partial charge in [0, 0.05) is 25.2 Å². The molecule has 0 heterocycles. The molecular weight excluding hydrogens is 466 g/mol. The highest BCUT2D eigenvalue weighted by Gasteiger charge is 2.21. The van der Waals surface area contributed by atoms with Crippen LogP contribution in [0.15, 0.2) is 78.9 Å². The first-order valence-corrected chi connectivity index (χ1v) is 11.3. The molecule has 6 nitrogen and oxygen atoms in total. The molecule has 1 atom stereocenters. The molecule has 0 spiro atoms. The minimum Gasteiger partial charge on any atom is -0.493 e. The van der Waals surface area contributed by atoms with Gasteiger partial charge >= 0.3 is 6.61 Å². The number of halogens is 2. The van der Waals surface area contributed by atoms with Gasteiger partial charge in [0.25, 0.3) is 0 Å². The van der Waals surface area contributed by atoms with Crippen LogP contribution in [-0.2, 0) is 16.1 Å². The van der Waals surface area contributed by atoms with Gasteiger partial charge < -0.3 is 19.7 Å². The highest BCUT2D eigenvalue weighted by molar-refractivity contribution is 5.92. The van der Waals surface area contributed by atoms with Crippen LogP contribution >= 0.6 is 0 Å². The number of benzene rings is 3. The second-order valence-corrected chi connectivity index (χ2v) is 8.06. The Hall–Kier alpha value is -4.20. The second kappa shape index (κ2) is 12.5. The van der Waals surface area contributed by atoms with Crippen LogP contribution in [0.2, 0.25) is 0 Å². The first kappa shape index (κ1) is 26.4. The molecule has 36 heavy (non-hydrogen) atoms. The zero-order chi connectivity index (χ0) is 26.1. The van der Waals surface area contributed by atoms with E-state index in [4.69, 9.17) is 4.74 Å². The van der Waals surface area contributed by atoms with Gasteiger partial charge in [-0.25, -0.2) is 0 Å². The third kappa shape index (κ3) is 7.40. The van der Waals surface area contributed by atoms with Crippen LogP contribution in [-0.4, -0.2) is 30.4 Å². The van der Waals surface area contributed by atoms with Crippen molar-refractivity contribution < 1.29 is 27.8 Å². The number of ether oxygens (including phenoxy) is 2. The van der Waals surface area contributed by atoms with E-state index in [0.29, 0.717) is 17.8 Å². The Morgan fingerprint density at radius 3 is 2.42 bits per heavy atom. The molecule has 0 saturated carbocycles. The van der Waals surface area contributed by atoms with Gasteiger partial charge in [-0.3, -0.25) is 9.59 Å². The summed E-state index contributed by atoms with van der Waals surface area (Å²) in [4.78, 5) is 26.6. The number of alkyl halides is 2. The molecule has 3 aromatic rings. The van der Waals surface area contributed by atoms with Gasteiger partial charge in [0.2, 0.25) is 11.8 Å². The lowest BCUT2D eigenvalue weighted by Gasteiger charge is -2.29. The third-order valence-corrected chi connectivity index (χ3v) is 5.46. The number of carbonyl (C=O) groups excluding carboxylic acids is 2. The van der Waals surface area contributed by atoms with Gasteiger partial charge in [-0.2, -0.15) is 8.78 Å². The van der Waals surface area contributed by atoms with E-state index in [2.05, 4.69) is 10.1 Å². The van der Waals surface area contributed by atoms with Gasteiger partial charge in [0.1, 0.15) is 0 Å². The summed E-state index contributed by atoms with van der Waals surface area (Å²) in [5, 5.41) is 2.77. The fourth-order valence-corrected chi connectivity index (χ4v) is 3.69. The predicted octanol–water partition coefficient (Wildman–Crippen LogP) is 6.06. The lowest BCUT2D eigenvalue weighted by atomic mass is 10.0. The number of nitrogens with zero attached hydrogens (tertiary/aromatic N) is 1. The summed E-state index contributed by atoms with van der Waals surface area (Å²) in [5.74, 6) is -0.382. The van der Waals surface area contributed by atoms with Crippen molar-refractivity contribution in [3.63, 3.8) is 0 Å². The van der Waals surface area contributed by atoms with Crippen LogP contribution in [0.5, 0.6) is 11.5 Å². The van der Waals surface area contributed by atoms with Crippen molar-refractivity contribution >= 4 is 23.6 Å². The Labute approximate surface area is 209 Å². The number of anilines is 1. The molecule has 188 valence electrons. The van der Waals surface area contributed by atoms with Crippen molar-refractivity contribution in [2.45, 2.75) is 33.0 Å². The molecule has 1 N–H and O–H groups in total. The van der Waals surface area contributed by atoms with E-state index in [1.54, 1.807) is 23.1 Å². The Morgan fingerprint density at radius 1 is 1.00 bits per heavy atom. The summed E-state index contributed by atoms with van der Waals surface area (Å²) in [7, 11) is 1.35. The first-order chi connectivity index (χ1) is 17.3. The van der Waals surface area contributed by atoms with Crippen molar-refractivity contribution in [2.75, 3.05) is 12.4 Å². The highest BCUT2D eigenvalue weighted by atomic mass is 19.3. The zero-order valence-corrected chi connectivity index (χ0v) is 20.3. The molecule has 0 bridgehead atoms. The minimum absolute atomic E-state index is 0.0886. The van der Waals surface area contributed by atoms with Crippen molar-refractivity contribution in [3.05, 3.63) is 95.6 Å². The number of rotatable bonds is 10. The van der Waals surface area contributed by atoms with E-state index in [1.807, 2.05) is 55.5 Å². The topological polar surface area (TPSA) is 67.9 Å². The number of hydrogen-bond acceptors (Lipinski definition) is 4. The summed E-state index contributed by atoms with van der Waals surface area (Å²) in [6.07, 6.45) is 3.02. The van der Waals surface area contributed by atoms with E-state index in [1.165, 1.54) is 32.2 Å². The Balaban J connectivity index is 1.87. The highest BCUT2D eigenvalue weighted by Crippen LogP contribution is 2.30. The fraction of sp³-hybridized carbons (Fsp3) is 0.214. The zero-order valence-electron chi connectivity index (χ0n) is 20.3. The quantitative estimate of drug-likeness (QED) is 0.348. The Kier molecular flexibility index (Phi) is 9.16. The van der Waals surface area contributed by atoms with Crippen LogP contribution in [0.4, 0.5) is 14.5 Å². The SMILES string of the molecule is COc1cc(/C=C/C(=O)N(Cc2ccccc2)C(C)c2cccc(NC(C)=O)c2)ccc1OC(F)F. The maximum Gasteiger partial charge on any atom is 0.387 e. The van der Waals surface area contributed by atoms with Crippen LogP contribution < -0.4 is 14.8 Å². The number of amides is 2. The number of methoxy groups -OCH3 is 1. The molecule has 2 amide bonds. The summed E-state index contributed by atoms with van der Waals surface area (Å²) in [6, 6.07) is 21.1. The molecule has 1 unspecified atom stereocenters. The van der Waals surface area contributed by atoms with E-state index in [0.717, 1.165) is 11.1 Å². The van der Waals surface area contributed by atoms with Crippen LogP contribution in [0.25, 0.3) is 6.08 Å². The molecule has 0 aliphatic heterocycles. The predicted molar refractivity (Wildman–Crippen MR) is 135 cm³/mol. The number of nitrogens with one attached hydrogen (secondary N) is 1. The monoisotopic (exact) mass is 494 g/mol. The van der Waals surface area contributed by atoms with Gasteiger partial charge in [0.15, 0.2) is 11.5 Å². The van der Waals surface area contributed by atoms with Gasteiger partial charge in [-0.1, -0.05) is 48.5 Å². The average molecular weight is 495 g/mol. The van der Waals surface area contributed by atoms with Crippen LogP contribution in [0, 0.1) is 0 Å². The summed E-state index contributed by atoms with van der Waals surface area (Å²) in [6.45, 7) is 0.744. The molecular formula is C28H28F2N2O4. The molecule has 0 fully saturated rings. The van der Waals surface area contributed by atoms with E-state index < -0.39 is 6.61 Å². The maximum atomic E-state index is 13.4. The lowest BCUT2D eigenvalue weighted by Crippen LogP contribution is -2.31. The smallest absolute Gasteiger partial charge is 0.387 e. The van der Waals surface area contributed by atoms with E-state index >= 15 is 0 Å². The number of carbonyl (C=O) groups is 2. The largest absolute Gasteiger partial charge is 0.493 e. The maximum absolute atomic E-state index is 13.4. The second-order valence-electron chi connectivity index (χ2n) is 8.06. The third-order valence-electron chi connectivity index (χ3n) is 5.46. The van der Waals surface area contributed by atoms with Crippen LogP contribution in [0.3, 0.4) is 0 Å². The molecule has 3 rings (SSSR count). The van der Waals surface area contributed by atoms with Gasteiger partial charge in [-0.15, -0.1) is 0 Å². The minimum atomic E-state index is -2.97. The van der Waals surface area contributed by atoms with Gasteiger partial charge in [0.05, 0.1) is 13.2 Å².